The summed E-state index contributed by atoms with van der Waals surface area (Å²) in [6.07, 6.45) is 0. The van der Waals surface area contributed by atoms with Crippen molar-refractivity contribution in [2.24, 2.45) is 0 Å². The Morgan fingerprint density at radius 2 is 1.18 bits per heavy atom. The molecule has 0 radical (unpaired) electrons. The number of nitrogens with zero attached hydrogens (tertiary/aromatic N) is 2. The fourth-order valence-corrected chi connectivity index (χ4v) is 6.53. The summed E-state index contributed by atoms with van der Waals surface area (Å²) in [5.41, 5.74) is 10.7. The number of imidazole rings is 1. The summed E-state index contributed by atoms with van der Waals surface area (Å²) in [6, 6.07) is 55.4. The molecule has 0 fully saturated rings. The van der Waals surface area contributed by atoms with Crippen molar-refractivity contribution in [3.8, 4) is 39.3 Å². The zero-order valence-corrected chi connectivity index (χ0v) is 23.8. The maximum atomic E-state index is 6.49. The van der Waals surface area contributed by atoms with Gasteiger partial charge in [-0.05, 0) is 63.9 Å². The Morgan fingerprint density at radius 1 is 0.477 bits per heavy atom. The van der Waals surface area contributed by atoms with E-state index < -0.39 is 0 Å². The number of fused-ring (bicyclic) bond motifs is 5. The van der Waals surface area contributed by atoms with Gasteiger partial charge in [0.1, 0.15) is 17.0 Å². The third-order valence-corrected chi connectivity index (χ3v) is 8.59. The van der Waals surface area contributed by atoms with Crippen LogP contribution in [0.3, 0.4) is 0 Å². The third kappa shape index (κ3) is 3.87. The van der Waals surface area contributed by atoms with Crippen molar-refractivity contribution in [2.45, 2.75) is 0 Å². The lowest BCUT2D eigenvalue weighted by Gasteiger charge is -2.12. The van der Waals surface area contributed by atoms with Gasteiger partial charge in [0.15, 0.2) is 0 Å². The molecule has 44 heavy (non-hydrogen) atoms. The lowest BCUT2D eigenvalue weighted by Crippen LogP contribution is -1.98. The van der Waals surface area contributed by atoms with Crippen LogP contribution in [0, 0.1) is 0 Å². The zero-order chi connectivity index (χ0) is 29.0. The van der Waals surface area contributed by atoms with E-state index in [2.05, 4.69) is 138 Å². The van der Waals surface area contributed by atoms with E-state index in [9.17, 15) is 0 Å². The van der Waals surface area contributed by atoms with Gasteiger partial charge in [-0.3, -0.25) is 4.57 Å². The molecular formula is C41H26N2O. The molecule has 7 aromatic carbocycles. The third-order valence-electron chi connectivity index (χ3n) is 8.59. The molecule has 206 valence electrons. The number of benzene rings is 7. The second-order valence-electron chi connectivity index (χ2n) is 11.2. The maximum absolute atomic E-state index is 6.49. The highest BCUT2D eigenvalue weighted by molar-refractivity contribution is 6.18. The zero-order valence-electron chi connectivity index (χ0n) is 23.8. The molecule has 3 nitrogen and oxygen atoms in total. The summed E-state index contributed by atoms with van der Waals surface area (Å²) < 4.78 is 8.75. The molecule has 3 heteroatoms. The van der Waals surface area contributed by atoms with E-state index in [0.717, 1.165) is 72.3 Å². The predicted molar refractivity (Wildman–Crippen MR) is 182 cm³/mol. The normalized spacial score (nSPS) is 11.6. The monoisotopic (exact) mass is 562 g/mol. The fourth-order valence-electron chi connectivity index (χ4n) is 6.53. The van der Waals surface area contributed by atoms with Gasteiger partial charge in [-0.15, -0.1) is 0 Å². The van der Waals surface area contributed by atoms with E-state index in [1.54, 1.807) is 0 Å². The van der Waals surface area contributed by atoms with E-state index in [4.69, 9.17) is 9.40 Å². The van der Waals surface area contributed by atoms with E-state index in [1.165, 1.54) is 10.8 Å². The molecule has 0 bridgehead atoms. The Labute approximate surface area is 254 Å². The largest absolute Gasteiger partial charge is 0.455 e. The van der Waals surface area contributed by atoms with Gasteiger partial charge in [0.25, 0.3) is 0 Å². The summed E-state index contributed by atoms with van der Waals surface area (Å²) in [7, 11) is 0. The predicted octanol–water partition coefficient (Wildman–Crippen LogP) is 11.1. The minimum absolute atomic E-state index is 0.911. The quantitative estimate of drug-likeness (QED) is 0.214. The minimum Gasteiger partial charge on any atom is -0.455 e. The van der Waals surface area contributed by atoms with Crippen LogP contribution >= 0.6 is 0 Å². The van der Waals surface area contributed by atoms with Crippen molar-refractivity contribution < 1.29 is 4.42 Å². The molecule has 0 atom stereocenters. The molecule has 2 heterocycles. The van der Waals surface area contributed by atoms with Crippen molar-refractivity contribution in [1.82, 2.24) is 9.55 Å². The van der Waals surface area contributed by atoms with E-state index in [-0.39, 0.29) is 0 Å². The lowest BCUT2D eigenvalue weighted by atomic mass is 9.94. The molecule has 0 N–H and O–H groups in total. The van der Waals surface area contributed by atoms with Crippen LogP contribution in [0.5, 0.6) is 0 Å². The summed E-state index contributed by atoms with van der Waals surface area (Å²) in [5, 5.41) is 4.69. The van der Waals surface area contributed by atoms with Crippen LogP contribution in [-0.4, -0.2) is 9.55 Å². The van der Waals surface area contributed by atoms with Crippen LogP contribution in [0.1, 0.15) is 0 Å². The highest BCUT2D eigenvalue weighted by Crippen LogP contribution is 2.41. The standard InChI is InChI=1S/C41H26N2O/c1-2-11-29(12-3-1)41-42-36-18-7-8-19-37(36)43(41)32-15-10-14-30(25-32)27-21-23-28(24-22-27)39-33-16-5-4-13-31(33)26-35-34-17-6-9-20-38(34)44-40(35)39/h1-26H. The number of hydrogen-bond donors (Lipinski definition) is 0. The number of aromatic nitrogens is 2. The Morgan fingerprint density at radius 3 is 2.07 bits per heavy atom. The highest BCUT2D eigenvalue weighted by atomic mass is 16.3. The van der Waals surface area contributed by atoms with Gasteiger partial charge in [0, 0.05) is 27.6 Å². The van der Waals surface area contributed by atoms with Crippen molar-refractivity contribution >= 4 is 43.7 Å². The Bertz CT molecular complexity index is 2480. The van der Waals surface area contributed by atoms with Crippen LogP contribution in [0.15, 0.2) is 162 Å². The number of furan rings is 1. The van der Waals surface area contributed by atoms with Crippen LogP contribution < -0.4 is 0 Å². The van der Waals surface area contributed by atoms with Crippen LogP contribution in [0.25, 0.3) is 83.1 Å². The first-order valence-corrected chi connectivity index (χ1v) is 14.9. The van der Waals surface area contributed by atoms with E-state index in [1.807, 2.05) is 24.3 Å². The van der Waals surface area contributed by atoms with Gasteiger partial charge in [-0.25, -0.2) is 4.98 Å². The summed E-state index contributed by atoms with van der Waals surface area (Å²) in [4.78, 5) is 5.03. The molecular weight excluding hydrogens is 536 g/mol. The molecule has 0 aliphatic rings. The second-order valence-corrected chi connectivity index (χ2v) is 11.2. The Kier molecular flexibility index (Phi) is 5.50. The molecule has 0 unspecified atom stereocenters. The van der Waals surface area contributed by atoms with Crippen molar-refractivity contribution in [2.75, 3.05) is 0 Å². The van der Waals surface area contributed by atoms with Gasteiger partial charge in [0.05, 0.1) is 11.0 Å². The molecule has 0 spiro atoms. The first-order chi connectivity index (χ1) is 21.8. The topological polar surface area (TPSA) is 31.0 Å². The molecule has 9 aromatic rings. The van der Waals surface area contributed by atoms with Gasteiger partial charge < -0.3 is 4.42 Å². The summed E-state index contributed by atoms with van der Waals surface area (Å²) in [6.45, 7) is 0. The van der Waals surface area contributed by atoms with Crippen LogP contribution in [-0.2, 0) is 0 Å². The molecule has 0 aliphatic carbocycles. The number of para-hydroxylation sites is 3. The average Bonchev–Trinajstić information content (AvgIpc) is 3.66. The SMILES string of the molecule is c1ccc(-c2nc3ccccc3n2-c2cccc(-c3ccc(-c4c5ccccc5cc5c4oc4ccccc45)cc3)c2)cc1. The average molecular weight is 563 g/mol. The first kappa shape index (κ1) is 24.6. The van der Waals surface area contributed by atoms with Crippen LogP contribution in [0.2, 0.25) is 0 Å². The maximum Gasteiger partial charge on any atom is 0.145 e. The molecule has 9 rings (SSSR count). The van der Waals surface area contributed by atoms with Gasteiger partial charge >= 0.3 is 0 Å². The van der Waals surface area contributed by atoms with Crippen molar-refractivity contribution in [1.29, 1.82) is 0 Å². The number of rotatable bonds is 4. The molecule has 0 amide bonds. The molecule has 0 aliphatic heterocycles. The molecule has 2 aromatic heterocycles. The molecule has 0 saturated carbocycles. The fraction of sp³-hybridized carbons (Fsp3) is 0. The van der Waals surface area contributed by atoms with E-state index >= 15 is 0 Å². The Balaban J connectivity index is 1.18. The van der Waals surface area contributed by atoms with Gasteiger partial charge in [0.2, 0.25) is 0 Å². The smallest absolute Gasteiger partial charge is 0.145 e. The minimum atomic E-state index is 0.911. The van der Waals surface area contributed by atoms with E-state index in [0.29, 0.717) is 0 Å². The molecule has 0 saturated heterocycles. The Hall–Kier alpha value is -5.93. The summed E-state index contributed by atoms with van der Waals surface area (Å²) in [5.74, 6) is 0.935. The van der Waals surface area contributed by atoms with Crippen molar-refractivity contribution in [3.63, 3.8) is 0 Å². The number of hydrogen-bond acceptors (Lipinski definition) is 2. The van der Waals surface area contributed by atoms with Crippen molar-refractivity contribution in [3.05, 3.63) is 158 Å². The highest BCUT2D eigenvalue weighted by Gasteiger charge is 2.17. The van der Waals surface area contributed by atoms with Gasteiger partial charge in [-0.2, -0.15) is 0 Å². The first-order valence-electron chi connectivity index (χ1n) is 14.9. The summed E-state index contributed by atoms with van der Waals surface area (Å²) >= 11 is 0. The van der Waals surface area contributed by atoms with Gasteiger partial charge in [-0.1, -0.05) is 121 Å². The lowest BCUT2D eigenvalue weighted by molar-refractivity contribution is 0.670. The second kappa shape index (κ2) is 9.82. The van der Waals surface area contributed by atoms with Crippen LogP contribution in [0.4, 0.5) is 0 Å².